The minimum absolute atomic E-state index is 0.0585. The predicted octanol–water partition coefficient (Wildman–Crippen LogP) is 6.95. The van der Waals surface area contributed by atoms with E-state index in [9.17, 15) is 4.79 Å². The van der Waals surface area contributed by atoms with Gasteiger partial charge >= 0.3 is 0 Å². The third-order valence-corrected chi connectivity index (χ3v) is 7.65. The van der Waals surface area contributed by atoms with Gasteiger partial charge in [0.1, 0.15) is 5.75 Å². The number of amides is 1. The number of nitrogens with one attached hydrogen (secondary N) is 1. The second-order valence-corrected chi connectivity index (χ2v) is 11.2. The molecule has 0 unspecified atom stereocenters. The van der Waals surface area contributed by atoms with Gasteiger partial charge in [0.2, 0.25) is 5.90 Å². The fourth-order valence-electron chi connectivity index (χ4n) is 5.43. The van der Waals surface area contributed by atoms with Crippen molar-refractivity contribution in [2.75, 3.05) is 13.2 Å². The van der Waals surface area contributed by atoms with E-state index in [0.29, 0.717) is 30.2 Å². The van der Waals surface area contributed by atoms with Crippen LogP contribution in [0.3, 0.4) is 0 Å². The van der Waals surface area contributed by atoms with E-state index in [4.69, 9.17) is 25.1 Å². The Labute approximate surface area is 263 Å². The van der Waals surface area contributed by atoms with E-state index in [0.717, 1.165) is 27.8 Å². The number of nitrogens with zero attached hydrogens (tertiary/aromatic N) is 4. The molecule has 2 atom stereocenters. The first kappa shape index (κ1) is 31.3. The minimum atomic E-state index is -1.36. The van der Waals surface area contributed by atoms with Gasteiger partial charge in [0, 0.05) is 36.0 Å². The molecule has 1 heterocycles. The fourth-order valence-corrected chi connectivity index (χ4v) is 5.43. The van der Waals surface area contributed by atoms with Crippen molar-refractivity contribution in [1.29, 1.82) is 0 Å². The molecule has 0 saturated carbocycles. The van der Waals surface area contributed by atoms with E-state index in [-0.39, 0.29) is 31.5 Å². The van der Waals surface area contributed by atoms with Crippen LogP contribution in [0.25, 0.3) is 21.6 Å². The lowest BCUT2D eigenvalue weighted by molar-refractivity contribution is -0.129. The van der Waals surface area contributed by atoms with Gasteiger partial charge in [-0.05, 0) is 71.5 Å². The Morgan fingerprint density at radius 2 is 1.60 bits per heavy atom. The quantitative estimate of drug-likeness (QED) is 0.0741. The molecule has 9 nitrogen and oxygen atoms in total. The van der Waals surface area contributed by atoms with Crippen LogP contribution in [0.15, 0.2) is 113 Å². The van der Waals surface area contributed by atoms with Gasteiger partial charge in [-0.25, -0.2) is 4.99 Å². The highest BCUT2D eigenvalue weighted by Gasteiger charge is 2.53. The van der Waals surface area contributed by atoms with Crippen molar-refractivity contribution in [3.05, 3.63) is 136 Å². The Morgan fingerprint density at radius 1 is 0.956 bits per heavy atom. The van der Waals surface area contributed by atoms with Gasteiger partial charge < -0.3 is 19.9 Å². The number of carbonyl (C=O) groups excluding carboxylic acids is 1. The van der Waals surface area contributed by atoms with E-state index in [1.165, 1.54) is 0 Å². The summed E-state index contributed by atoms with van der Waals surface area (Å²) in [5, 5.41) is 16.0. The Bertz CT molecular complexity index is 1670. The van der Waals surface area contributed by atoms with Crippen molar-refractivity contribution in [3.8, 4) is 16.9 Å². The van der Waals surface area contributed by atoms with Crippen LogP contribution in [-0.2, 0) is 22.5 Å². The highest BCUT2D eigenvalue weighted by molar-refractivity contribution is 6.01. The number of aliphatic imine (C=N–C) groups is 1. The zero-order chi connectivity index (χ0) is 31.6. The van der Waals surface area contributed by atoms with Crippen molar-refractivity contribution < 1.29 is 19.4 Å². The van der Waals surface area contributed by atoms with Gasteiger partial charge in [-0.3, -0.25) is 4.79 Å². The molecule has 9 heteroatoms. The number of carbonyl (C=O) groups is 1. The van der Waals surface area contributed by atoms with Crippen molar-refractivity contribution in [1.82, 2.24) is 5.32 Å². The van der Waals surface area contributed by atoms with E-state index in [1.54, 1.807) is 0 Å². The molecule has 4 aromatic rings. The number of azide groups is 1. The Hall–Kier alpha value is -5.11. The lowest BCUT2D eigenvalue weighted by atomic mass is 9.80. The summed E-state index contributed by atoms with van der Waals surface area (Å²) in [5.74, 6) is 0.752. The monoisotopic (exact) mass is 603 g/mol. The Kier molecular flexibility index (Phi) is 10.1. The number of ether oxygens (including phenoxy) is 2. The first-order valence-electron chi connectivity index (χ1n) is 15.1. The number of hydrogen-bond acceptors (Lipinski definition) is 6. The van der Waals surface area contributed by atoms with Crippen molar-refractivity contribution in [2.24, 2.45) is 10.1 Å². The molecule has 5 rings (SSSR count). The largest absolute Gasteiger partial charge is 0.494 e. The minimum Gasteiger partial charge on any atom is -0.494 e. The average molecular weight is 604 g/mol. The van der Waals surface area contributed by atoms with Crippen LogP contribution in [-0.4, -0.2) is 41.7 Å². The normalized spacial score (nSPS) is 17.2. The molecule has 0 bridgehead atoms. The molecule has 1 aliphatic rings. The summed E-state index contributed by atoms with van der Waals surface area (Å²) in [6.45, 7) is 4.45. The van der Waals surface area contributed by atoms with Crippen LogP contribution in [0.5, 0.6) is 5.75 Å². The topological polar surface area (TPSA) is 129 Å². The molecule has 1 aliphatic heterocycles. The van der Waals surface area contributed by atoms with Gasteiger partial charge in [0.05, 0.1) is 13.2 Å². The summed E-state index contributed by atoms with van der Waals surface area (Å²) >= 11 is 0. The van der Waals surface area contributed by atoms with Crippen LogP contribution in [0.4, 0.5) is 0 Å². The summed E-state index contributed by atoms with van der Waals surface area (Å²) in [7, 11) is 0. The highest BCUT2D eigenvalue weighted by Crippen LogP contribution is 2.43. The zero-order valence-corrected chi connectivity index (χ0v) is 25.5. The lowest BCUT2D eigenvalue weighted by Crippen LogP contribution is -2.51. The van der Waals surface area contributed by atoms with E-state index in [1.807, 2.05) is 105 Å². The smallest absolute Gasteiger partial charge is 0.252 e. The highest BCUT2D eigenvalue weighted by atomic mass is 16.5. The maximum Gasteiger partial charge on any atom is 0.252 e. The molecule has 0 aliphatic carbocycles. The number of aliphatic hydroxyl groups is 1. The van der Waals surface area contributed by atoms with E-state index < -0.39 is 11.6 Å². The third-order valence-electron chi connectivity index (χ3n) is 7.65. The van der Waals surface area contributed by atoms with Gasteiger partial charge in [-0.1, -0.05) is 84.0 Å². The molecule has 0 radical (unpaired) electrons. The second kappa shape index (κ2) is 14.6. The Morgan fingerprint density at radius 3 is 2.27 bits per heavy atom. The fraction of sp³-hybridized carbons (Fsp3) is 0.278. The first-order chi connectivity index (χ1) is 21.9. The second-order valence-electron chi connectivity index (χ2n) is 11.2. The Balaban J connectivity index is 1.60. The maximum atomic E-state index is 14.3. The van der Waals surface area contributed by atoms with Crippen LogP contribution >= 0.6 is 0 Å². The van der Waals surface area contributed by atoms with Crippen LogP contribution < -0.4 is 10.1 Å². The maximum absolute atomic E-state index is 14.3. The SMILES string of the molecule is CC(C)NC(=O)[C@]1(Cc2ccccc2CN=[N+]=[N-])N=C(c2ccc(OCCCO)cc2)O[C@@H]1c1ccc(-c2ccccc2)cc1. The van der Waals surface area contributed by atoms with Gasteiger partial charge in [0.25, 0.3) is 5.91 Å². The van der Waals surface area contributed by atoms with Crippen molar-refractivity contribution in [3.63, 3.8) is 0 Å². The molecule has 0 aromatic heterocycles. The first-order valence-corrected chi connectivity index (χ1v) is 15.1. The van der Waals surface area contributed by atoms with Gasteiger partial charge in [0.15, 0.2) is 11.6 Å². The summed E-state index contributed by atoms with van der Waals surface area (Å²) < 4.78 is 12.4. The number of benzene rings is 4. The summed E-state index contributed by atoms with van der Waals surface area (Å²) in [4.78, 5) is 22.4. The molecule has 0 saturated heterocycles. The van der Waals surface area contributed by atoms with Gasteiger partial charge in [-0.2, -0.15) is 0 Å². The van der Waals surface area contributed by atoms with Crippen molar-refractivity contribution >= 4 is 11.8 Å². The van der Waals surface area contributed by atoms with E-state index >= 15 is 0 Å². The zero-order valence-electron chi connectivity index (χ0n) is 25.5. The average Bonchev–Trinajstić information content (AvgIpc) is 3.45. The van der Waals surface area contributed by atoms with Crippen LogP contribution in [0, 0.1) is 0 Å². The van der Waals surface area contributed by atoms with Crippen LogP contribution in [0.2, 0.25) is 0 Å². The van der Waals surface area contributed by atoms with Crippen LogP contribution in [0.1, 0.15) is 48.6 Å². The molecular weight excluding hydrogens is 566 g/mol. The molecule has 0 fully saturated rings. The number of rotatable bonds is 13. The summed E-state index contributed by atoms with van der Waals surface area (Å²) in [5.41, 5.74) is 13.0. The summed E-state index contributed by atoms with van der Waals surface area (Å²) in [6, 6.07) is 33.0. The molecule has 45 heavy (non-hydrogen) atoms. The van der Waals surface area contributed by atoms with Crippen molar-refractivity contribution in [2.45, 2.75) is 50.9 Å². The molecule has 1 amide bonds. The van der Waals surface area contributed by atoms with E-state index in [2.05, 4.69) is 27.5 Å². The number of aliphatic hydroxyl groups excluding tert-OH is 1. The predicted molar refractivity (Wildman–Crippen MR) is 175 cm³/mol. The molecule has 230 valence electrons. The third kappa shape index (κ3) is 7.34. The molecular formula is C36H37N5O4. The standard InChI is InChI=1S/C36H37N5O4/c1-25(2)39-35(43)36(23-30-11-6-7-12-31(30)24-38-41-37)33(28-15-13-27(14-16-28)26-9-4-3-5-10-26)45-34(40-36)29-17-19-32(20-18-29)44-22-8-21-42/h3-7,9-20,25,33,42H,8,21-24H2,1-2H3,(H,39,43)/t33-,36-/m1/s1. The van der Waals surface area contributed by atoms with Gasteiger partial charge in [-0.15, -0.1) is 0 Å². The molecule has 4 aromatic carbocycles. The number of hydrogen-bond donors (Lipinski definition) is 2. The molecule has 2 N–H and O–H groups in total. The molecule has 0 spiro atoms. The summed E-state index contributed by atoms with van der Waals surface area (Å²) in [6.07, 6.45) is 0.0143. The lowest BCUT2D eigenvalue weighted by Gasteiger charge is -2.32.